The number of nitrogens with one attached hydrogen (secondary N) is 2. The van der Waals surface area contributed by atoms with Crippen molar-refractivity contribution in [3.05, 3.63) is 35.5 Å². The van der Waals surface area contributed by atoms with E-state index in [1.807, 2.05) is 6.07 Å². The fraction of sp³-hybridized carbons (Fsp3) is 0.609. The van der Waals surface area contributed by atoms with Crippen LogP contribution in [0.5, 0.6) is 11.5 Å². The van der Waals surface area contributed by atoms with Crippen LogP contribution in [-0.2, 0) is 13.0 Å². The highest BCUT2D eigenvalue weighted by Crippen LogP contribution is 2.24. The molecule has 1 fully saturated rings. The molecule has 1 aliphatic rings. The molecule has 9 nitrogen and oxygen atoms in total. The number of methoxy groups -OCH3 is 2. The first-order chi connectivity index (χ1) is 15.5. The Balaban J connectivity index is 0.00000385. The molecule has 184 valence electrons. The van der Waals surface area contributed by atoms with Crippen LogP contribution in [0.15, 0.2) is 27.7 Å². The van der Waals surface area contributed by atoms with Crippen molar-refractivity contribution >= 4 is 29.9 Å². The lowest BCUT2D eigenvalue weighted by molar-refractivity contribution is 0.321. The Bertz CT molecular complexity index is 867. The van der Waals surface area contributed by atoms with Crippen molar-refractivity contribution in [3.63, 3.8) is 0 Å². The molecule has 3 rings (SSSR count). The van der Waals surface area contributed by atoms with Gasteiger partial charge in [-0.25, -0.2) is 0 Å². The zero-order valence-electron chi connectivity index (χ0n) is 20.3. The molecule has 1 atom stereocenters. The van der Waals surface area contributed by atoms with E-state index >= 15 is 0 Å². The van der Waals surface area contributed by atoms with Gasteiger partial charge in [0.25, 0.3) is 0 Å². The summed E-state index contributed by atoms with van der Waals surface area (Å²) in [5.74, 6) is 4.10. The van der Waals surface area contributed by atoms with Gasteiger partial charge in [0.15, 0.2) is 11.8 Å². The van der Waals surface area contributed by atoms with Crippen molar-refractivity contribution < 1.29 is 14.0 Å². The molecule has 1 aliphatic heterocycles. The minimum Gasteiger partial charge on any atom is -0.497 e. The van der Waals surface area contributed by atoms with Crippen molar-refractivity contribution in [1.82, 2.24) is 25.7 Å². The SMILES string of the molecule is CCNC(=NCCc1nc(C(C)C)no1)NC1CCN(Cc2cc(OC)cc(OC)c2)C1.I. The predicted molar refractivity (Wildman–Crippen MR) is 140 cm³/mol. The smallest absolute Gasteiger partial charge is 0.228 e. The molecule has 2 N–H and O–H groups in total. The molecule has 1 aromatic carbocycles. The second-order valence-corrected chi connectivity index (χ2v) is 8.30. The van der Waals surface area contributed by atoms with E-state index in [1.165, 1.54) is 5.56 Å². The zero-order valence-corrected chi connectivity index (χ0v) is 22.6. The van der Waals surface area contributed by atoms with E-state index in [0.29, 0.717) is 24.9 Å². The number of rotatable bonds is 10. The molecule has 1 aromatic heterocycles. The van der Waals surface area contributed by atoms with Crippen LogP contribution in [0.2, 0.25) is 0 Å². The highest BCUT2D eigenvalue weighted by atomic mass is 127. The predicted octanol–water partition coefficient (Wildman–Crippen LogP) is 3.20. The monoisotopic (exact) mass is 572 g/mol. The lowest BCUT2D eigenvalue weighted by Gasteiger charge is -2.19. The second-order valence-electron chi connectivity index (χ2n) is 8.30. The number of aliphatic imine (C=N–C) groups is 1. The number of hydrogen-bond donors (Lipinski definition) is 2. The molecule has 0 aliphatic carbocycles. The molecule has 10 heteroatoms. The molecule has 2 aromatic rings. The number of guanidine groups is 1. The van der Waals surface area contributed by atoms with E-state index in [4.69, 9.17) is 19.0 Å². The van der Waals surface area contributed by atoms with Crippen LogP contribution < -0.4 is 20.1 Å². The third-order valence-corrected chi connectivity index (χ3v) is 5.37. The maximum absolute atomic E-state index is 5.39. The van der Waals surface area contributed by atoms with Gasteiger partial charge in [0.2, 0.25) is 5.89 Å². The highest BCUT2D eigenvalue weighted by molar-refractivity contribution is 14.0. The first-order valence-electron chi connectivity index (χ1n) is 11.3. The van der Waals surface area contributed by atoms with E-state index in [2.05, 4.69) is 58.6 Å². The van der Waals surface area contributed by atoms with Crippen LogP contribution in [0.1, 0.15) is 50.4 Å². The summed E-state index contributed by atoms with van der Waals surface area (Å²) in [7, 11) is 3.36. The summed E-state index contributed by atoms with van der Waals surface area (Å²) in [5.41, 5.74) is 1.18. The number of hydrogen-bond acceptors (Lipinski definition) is 7. The molecule has 0 saturated carbocycles. The summed E-state index contributed by atoms with van der Waals surface area (Å²) < 4.78 is 16.1. The lowest BCUT2D eigenvalue weighted by atomic mass is 10.2. The van der Waals surface area contributed by atoms with Crippen molar-refractivity contribution in [1.29, 1.82) is 0 Å². The second kappa shape index (κ2) is 13.6. The molecule has 0 bridgehead atoms. The number of benzene rings is 1. The number of halogens is 1. The van der Waals surface area contributed by atoms with Gasteiger partial charge in [0, 0.05) is 50.6 Å². The largest absolute Gasteiger partial charge is 0.497 e. The van der Waals surface area contributed by atoms with Gasteiger partial charge in [-0.3, -0.25) is 9.89 Å². The Kier molecular flexibility index (Phi) is 11.2. The first-order valence-corrected chi connectivity index (χ1v) is 11.3. The average molecular weight is 572 g/mol. The number of likely N-dealkylation sites (tertiary alicyclic amines) is 1. The normalized spacial score (nSPS) is 16.5. The minimum atomic E-state index is 0. The topological polar surface area (TPSA) is 97.0 Å². The molecule has 1 saturated heterocycles. The fourth-order valence-corrected chi connectivity index (χ4v) is 3.69. The summed E-state index contributed by atoms with van der Waals surface area (Å²) in [5, 5.41) is 10.9. The third-order valence-electron chi connectivity index (χ3n) is 5.37. The summed E-state index contributed by atoms with van der Waals surface area (Å²) >= 11 is 0. The quantitative estimate of drug-likeness (QED) is 0.255. The molecule has 0 radical (unpaired) electrons. The first kappa shape index (κ1) is 27.2. The number of nitrogens with zero attached hydrogens (tertiary/aromatic N) is 4. The minimum absolute atomic E-state index is 0. The van der Waals surface area contributed by atoms with Crippen molar-refractivity contribution in [2.24, 2.45) is 4.99 Å². The van der Waals surface area contributed by atoms with Crippen LogP contribution in [0.25, 0.3) is 0 Å². The molecule has 1 unspecified atom stereocenters. The Morgan fingerprint density at radius 1 is 1.24 bits per heavy atom. The summed E-state index contributed by atoms with van der Waals surface area (Å²) in [6, 6.07) is 6.37. The van der Waals surface area contributed by atoms with Crippen molar-refractivity contribution in [2.75, 3.05) is 40.4 Å². The van der Waals surface area contributed by atoms with Crippen LogP contribution in [0.4, 0.5) is 0 Å². The zero-order chi connectivity index (χ0) is 22.9. The van der Waals surface area contributed by atoms with Crippen molar-refractivity contribution in [2.45, 2.75) is 52.1 Å². The van der Waals surface area contributed by atoms with Crippen LogP contribution in [0.3, 0.4) is 0 Å². The fourth-order valence-electron chi connectivity index (χ4n) is 3.69. The summed E-state index contributed by atoms with van der Waals surface area (Å²) in [6.45, 7) is 10.4. The Hall–Kier alpha value is -2.08. The molecule has 2 heterocycles. The van der Waals surface area contributed by atoms with Crippen LogP contribution >= 0.6 is 24.0 Å². The van der Waals surface area contributed by atoms with Crippen LogP contribution in [0, 0.1) is 0 Å². The summed E-state index contributed by atoms with van der Waals surface area (Å²) in [4.78, 5) is 11.5. The standard InChI is InChI=1S/C23H36N6O3.HI/c1-6-24-23(25-9-7-21-27-22(16(2)3)28-32-21)26-18-8-10-29(15-18)14-17-11-19(30-4)13-20(12-17)31-5;/h11-13,16,18H,6-10,14-15H2,1-5H3,(H2,24,25,26);1H. The number of ether oxygens (including phenoxy) is 2. The molecular weight excluding hydrogens is 535 g/mol. The Labute approximate surface area is 213 Å². The number of aromatic nitrogens is 2. The van der Waals surface area contributed by atoms with E-state index in [1.54, 1.807) is 14.2 Å². The highest BCUT2D eigenvalue weighted by Gasteiger charge is 2.23. The molecule has 33 heavy (non-hydrogen) atoms. The summed E-state index contributed by atoms with van der Waals surface area (Å²) in [6.07, 6.45) is 1.69. The van der Waals surface area contributed by atoms with Gasteiger partial charge in [0.1, 0.15) is 11.5 Å². The van der Waals surface area contributed by atoms with Gasteiger partial charge < -0.3 is 24.6 Å². The third kappa shape index (κ3) is 8.33. The van der Waals surface area contributed by atoms with Gasteiger partial charge in [-0.05, 0) is 31.0 Å². The van der Waals surface area contributed by atoms with Gasteiger partial charge in [-0.15, -0.1) is 24.0 Å². The molecule has 0 amide bonds. The maximum atomic E-state index is 5.39. The lowest BCUT2D eigenvalue weighted by Crippen LogP contribution is -2.44. The van der Waals surface area contributed by atoms with E-state index < -0.39 is 0 Å². The van der Waals surface area contributed by atoms with Crippen LogP contribution in [-0.4, -0.2) is 67.4 Å². The molecule has 0 spiro atoms. The maximum Gasteiger partial charge on any atom is 0.228 e. The van der Waals surface area contributed by atoms with E-state index in [-0.39, 0.29) is 29.9 Å². The molecular formula is C23H37IN6O3. The van der Waals surface area contributed by atoms with Gasteiger partial charge in [-0.1, -0.05) is 19.0 Å². The van der Waals surface area contributed by atoms with E-state index in [9.17, 15) is 0 Å². The Morgan fingerprint density at radius 2 is 1.97 bits per heavy atom. The Morgan fingerprint density at radius 3 is 2.58 bits per heavy atom. The van der Waals surface area contributed by atoms with Gasteiger partial charge >= 0.3 is 0 Å². The average Bonchev–Trinajstić information content (AvgIpc) is 3.43. The van der Waals surface area contributed by atoms with Gasteiger partial charge in [-0.2, -0.15) is 4.98 Å². The van der Waals surface area contributed by atoms with Crippen molar-refractivity contribution in [3.8, 4) is 11.5 Å². The van der Waals surface area contributed by atoms with E-state index in [0.717, 1.165) is 55.9 Å². The van der Waals surface area contributed by atoms with Gasteiger partial charge in [0.05, 0.1) is 20.8 Å².